The van der Waals surface area contributed by atoms with Crippen LogP contribution in [0.5, 0.6) is 0 Å². The van der Waals surface area contributed by atoms with Crippen LogP contribution in [0.2, 0.25) is 39.3 Å². The fourth-order valence-electron chi connectivity index (χ4n) is 3.02. The molecular formula is C21H36Cl2O4Si2Zr. The molecule has 2 rings (SSSR count). The van der Waals surface area contributed by atoms with Gasteiger partial charge in [-0.2, -0.15) is 0 Å². The molecule has 0 unspecified atom stereocenters. The Morgan fingerprint density at radius 2 is 1.13 bits per heavy atom. The van der Waals surface area contributed by atoms with Gasteiger partial charge in [0.15, 0.2) is 0 Å². The Morgan fingerprint density at radius 1 is 0.767 bits per heavy atom. The molecule has 0 amide bonds. The van der Waals surface area contributed by atoms with Gasteiger partial charge < -0.3 is 24.8 Å². The number of hydrogen-bond donors (Lipinski definition) is 0. The Labute approximate surface area is 205 Å². The summed E-state index contributed by atoms with van der Waals surface area (Å²) in [5, 5.41) is 0. The van der Waals surface area contributed by atoms with Crippen LogP contribution in [-0.2, 0) is 39.6 Å². The van der Waals surface area contributed by atoms with E-state index in [4.69, 9.17) is 18.3 Å². The third-order valence-corrected chi connectivity index (χ3v) is 13.9. The molecule has 0 radical (unpaired) electrons. The molecular weight excluding hydrogens is 535 g/mol. The maximum atomic E-state index is 6.08. The summed E-state index contributed by atoms with van der Waals surface area (Å²) in [5.41, 5.74) is 0. The molecule has 0 bridgehead atoms. The van der Waals surface area contributed by atoms with E-state index < -0.39 is 37.9 Å². The summed E-state index contributed by atoms with van der Waals surface area (Å²) in [6.07, 6.45) is 10.7. The predicted molar refractivity (Wildman–Crippen MR) is 119 cm³/mol. The molecule has 0 aromatic rings. The number of hydrogen-bond acceptors (Lipinski definition) is 4. The molecule has 0 N–H and O–H groups in total. The third-order valence-electron chi connectivity index (χ3n) is 4.29. The van der Waals surface area contributed by atoms with Gasteiger partial charge in [-0.05, 0) is 0 Å². The second-order valence-corrected chi connectivity index (χ2v) is 25.6. The number of ether oxygens (including phenoxy) is 2. The van der Waals surface area contributed by atoms with Crippen molar-refractivity contribution >= 4 is 19.8 Å². The molecule has 0 heterocycles. The Hall–Kier alpha value is 0.247. The Bertz CT molecular complexity index is 685. The van der Waals surface area contributed by atoms with Gasteiger partial charge in [0.2, 0.25) is 0 Å². The van der Waals surface area contributed by atoms with E-state index in [0.29, 0.717) is 13.6 Å². The fourth-order valence-corrected chi connectivity index (χ4v) is 11.3. The first-order valence-corrected chi connectivity index (χ1v) is 20.5. The zero-order valence-corrected chi connectivity index (χ0v) is 25.5. The first kappa shape index (κ1) is 30.2. The van der Waals surface area contributed by atoms with Crippen molar-refractivity contribution in [1.82, 2.24) is 0 Å². The van der Waals surface area contributed by atoms with E-state index in [9.17, 15) is 0 Å². The summed E-state index contributed by atoms with van der Waals surface area (Å²) in [5.74, 6) is 2.07. The maximum Gasteiger partial charge on any atom is -1.00 e. The van der Waals surface area contributed by atoms with Gasteiger partial charge in [0, 0.05) is 0 Å². The molecule has 30 heavy (non-hydrogen) atoms. The SMILES string of the molecule is C[C](C)=[Zr+2]([C]1=C(OCO[Si](C)(C)C)C=CC1)[C]1=C(OCO[Si](C)(C)C)C=CC1.[Cl-].[Cl-]. The molecule has 4 nitrogen and oxygen atoms in total. The molecule has 0 saturated heterocycles. The van der Waals surface area contributed by atoms with Crippen LogP contribution in [0, 0.1) is 0 Å². The summed E-state index contributed by atoms with van der Waals surface area (Å²) < 4.78 is 28.5. The van der Waals surface area contributed by atoms with Gasteiger partial charge in [0.25, 0.3) is 0 Å². The standard InChI is InChI=1S/2C9H15O2Si.C3H6.2ClH.Zr/c2*1-12(2,3)11-8-10-9-6-4-5-7-9;1-3-2;;;/h2*4,6H,5,8H2,1-3H3;1-2H3;2*1H;/q;;;;;+2/p-2. The molecule has 0 atom stereocenters. The van der Waals surface area contributed by atoms with Crippen LogP contribution in [0.15, 0.2) is 42.4 Å². The summed E-state index contributed by atoms with van der Waals surface area (Å²) in [6, 6.07) is 0. The van der Waals surface area contributed by atoms with Crippen molar-refractivity contribution in [3.8, 4) is 0 Å². The van der Waals surface area contributed by atoms with Crippen molar-refractivity contribution < 1.29 is 64.4 Å². The van der Waals surface area contributed by atoms with E-state index in [1.54, 1.807) is 3.21 Å². The smallest absolute Gasteiger partial charge is 1.00 e. The molecule has 2 aliphatic rings. The quantitative estimate of drug-likeness (QED) is 0.270. The van der Waals surface area contributed by atoms with Crippen LogP contribution < -0.4 is 24.8 Å². The van der Waals surface area contributed by atoms with Crippen LogP contribution in [-0.4, -0.2) is 33.4 Å². The van der Waals surface area contributed by atoms with E-state index in [2.05, 4.69) is 77.4 Å². The number of halogens is 2. The first-order valence-electron chi connectivity index (χ1n) is 9.99. The van der Waals surface area contributed by atoms with Crippen LogP contribution in [0.4, 0.5) is 0 Å². The van der Waals surface area contributed by atoms with Gasteiger partial charge in [-0.3, -0.25) is 0 Å². The van der Waals surface area contributed by atoms with Crippen LogP contribution in [0.25, 0.3) is 0 Å². The van der Waals surface area contributed by atoms with E-state index in [1.165, 1.54) is 6.56 Å². The van der Waals surface area contributed by atoms with Gasteiger partial charge in [-0.25, -0.2) is 0 Å². The topological polar surface area (TPSA) is 36.9 Å². The Morgan fingerprint density at radius 3 is 1.43 bits per heavy atom. The molecule has 2 aliphatic carbocycles. The summed E-state index contributed by atoms with van der Waals surface area (Å²) in [4.78, 5) is 0. The summed E-state index contributed by atoms with van der Waals surface area (Å²) in [6.45, 7) is 18.3. The minimum atomic E-state index is -2.19. The molecule has 0 aliphatic heterocycles. The van der Waals surface area contributed by atoms with E-state index >= 15 is 0 Å². The van der Waals surface area contributed by atoms with Crippen LogP contribution in [0.1, 0.15) is 26.7 Å². The molecule has 0 saturated carbocycles. The average molecular weight is 571 g/mol. The molecule has 9 heteroatoms. The van der Waals surface area contributed by atoms with Crippen molar-refractivity contribution in [3.05, 3.63) is 42.4 Å². The van der Waals surface area contributed by atoms with Crippen molar-refractivity contribution in [1.29, 1.82) is 0 Å². The second kappa shape index (κ2) is 13.1. The second-order valence-electron chi connectivity index (χ2n) is 9.31. The van der Waals surface area contributed by atoms with Crippen LogP contribution in [0.3, 0.4) is 0 Å². The largest absolute Gasteiger partial charge is 1.00 e. The molecule has 170 valence electrons. The summed E-state index contributed by atoms with van der Waals surface area (Å²) in [7, 11) is -3.16. The maximum absolute atomic E-state index is 6.08. The molecule has 0 aromatic carbocycles. The zero-order chi connectivity index (χ0) is 20.9. The number of rotatable bonds is 10. The van der Waals surface area contributed by atoms with Gasteiger partial charge >= 0.3 is 181 Å². The van der Waals surface area contributed by atoms with E-state index in [1.807, 2.05) is 0 Å². The first-order chi connectivity index (χ1) is 13.0. The predicted octanol–water partition coefficient (Wildman–Crippen LogP) is -0.181. The Balaban J connectivity index is 0.00000420. The van der Waals surface area contributed by atoms with Crippen LogP contribution >= 0.6 is 0 Å². The fraction of sp³-hybridized carbons (Fsp3) is 0.571. The number of allylic oxidation sites excluding steroid dienone is 6. The van der Waals surface area contributed by atoms with E-state index in [0.717, 1.165) is 24.4 Å². The van der Waals surface area contributed by atoms with Crippen molar-refractivity contribution in [3.63, 3.8) is 0 Å². The summed E-state index contributed by atoms with van der Waals surface area (Å²) >= 11 is -2.19. The van der Waals surface area contributed by atoms with Crippen molar-refractivity contribution in [2.24, 2.45) is 0 Å². The normalized spacial score (nSPS) is 15.6. The van der Waals surface area contributed by atoms with Gasteiger partial charge in [0.1, 0.15) is 0 Å². The Kier molecular flexibility index (Phi) is 13.2. The molecule has 0 spiro atoms. The minimum Gasteiger partial charge on any atom is -1.00 e. The zero-order valence-electron chi connectivity index (χ0n) is 19.5. The average Bonchev–Trinajstić information content (AvgIpc) is 3.16. The van der Waals surface area contributed by atoms with E-state index in [-0.39, 0.29) is 24.8 Å². The van der Waals surface area contributed by atoms with Gasteiger partial charge in [-0.15, -0.1) is 0 Å². The molecule has 0 fully saturated rings. The minimum absolute atomic E-state index is 0. The van der Waals surface area contributed by atoms with Gasteiger partial charge in [-0.1, -0.05) is 0 Å². The van der Waals surface area contributed by atoms with Crippen molar-refractivity contribution in [2.75, 3.05) is 13.6 Å². The van der Waals surface area contributed by atoms with Crippen molar-refractivity contribution in [2.45, 2.75) is 66.0 Å². The monoisotopic (exact) mass is 568 g/mol. The molecule has 0 aromatic heterocycles. The van der Waals surface area contributed by atoms with Gasteiger partial charge in [0.05, 0.1) is 0 Å². The third kappa shape index (κ3) is 9.80.